The van der Waals surface area contributed by atoms with E-state index < -0.39 is 0 Å². The Bertz CT molecular complexity index is 9040. The van der Waals surface area contributed by atoms with E-state index in [1.54, 1.807) is 0 Å². The average molecular weight is 1690 g/mol. The Hall–Kier alpha value is -15.7. The number of hydrogen-bond acceptors (Lipinski definition) is 10. The van der Waals surface area contributed by atoms with Crippen LogP contribution in [0.3, 0.4) is 0 Å². The fourth-order valence-corrected chi connectivity index (χ4v) is 23.6. The molecule has 0 N–H and O–H groups in total. The summed E-state index contributed by atoms with van der Waals surface area (Å²) in [4.78, 5) is 29.9. The van der Waals surface area contributed by atoms with E-state index in [9.17, 15) is 0 Å². The lowest BCUT2D eigenvalue weighted by Crippen LogP contribution is -2.00. The fourth-order valence-electron chi connectivity index (χ4n) is 19.1. The summed E-state index contributed by atoms with van der Waals surface area (Å²) in [6.07, 6.45) is 0. The quantitative estimate of drug-likeness (QED) is 0.128. The highest BCUT2D eigenvalue weighted by molar-refractivity contribution is 7.28. The van der Waals surface area contributed by atoms with Gasteiger partial charge in [-0.15, -0.1) is 45.3 Å². The number of fused-ring (bicyclic) bond motifs is 21. The molecule has 13 heteroatoms. The number of benzene rings is 18. The van der Waals surface area contributed by atoms with Crippen LogP contribution >= 0.6 is 45.3 Å². The summed E-state index contributed by atoms with van der Waals surface area (Å²) in [6, 6.07) is 146. The first-order valence-electron chi connectivity index (χ1n) is 42.5. The summed E-state index contributed by atoms with van der Waals surface area (Å²) >= 11 is 7.48. The molecule has 0 saturated heterocycles. The van der Waals surface area contributed by atoms with Crippen molar-refractivity contribution in [3.63, 3.8) is 0 Å². The molecule has 0 spiro atoms. The van der Waals surface area contributed by atoms with Crippen molar-refractivity contribution in [2.45, 2.75) is 0 Å². The van der Waals surface area contributed by atoms with Gasteiger partial charge in [-0.1, -0.05) is 249 Å². The predicted octanol–water partition coefficient (Wildman–Crippen LogP) is 31.8. The Balaban J connectivity index is 0.000000135. The molecule has 9 heterocycles. The van der Waals surface area contributed by atoms with Crippen LogP contribution in [0.4, 0.5) is 0 Å². The van der Waals surface area contributed by atoms with Gasteiger partial charge in [-0.05, 0) is 180 Å². The predicted molar refractivity (Wildman–Crippen MR) is 538 cm³/mol. The molecule has 27 rings (SSSR count). The summed E-state index contributed by atoms with van der Waals surface area (Å²) < 4.78 is 17.7. The molecule has 0 atom stereocenters. The van der Waals surface area contributed by atoms with E-state index in [2.05, 4.69) is 323 Å². The van der Waals surface area contributed by atoms with Gasteiger partial charge in [-0.2, -0.15) is 0 Å². The van der Waals surface area contributed by atoms with Gasteiger partial charge in [0, 0.05) is 163 Å². The zero-order valence-corrected chi connectivity index (χ0v) is 71.1. The molecule has 0 bridgehead atoms. The minimum Gasteiger partial charge on any atom is -0.309 e. The standard InChI is InChI=1S/C57H35N5S.C57H32N4S3/c1-3-14-36(15-4-1)55-58-56(37-16-5-2-6-17-37)60-57(59-55)38-26-29-40(30-27-38)61-49-23-10-8-19-44(49)48-35-41(31-33-52(48)61)62-50-24-11-7-18-43(50)47-34-39(28-32-51(47)62)42-21-13-22-46-45-20-9-12-25-53(45)63-54(42)46;1-3-11-33(12-4-1)55-58-56(34-13-5-2-6-14-34)60-57(59-55)37-21-25-50-43(29-37)44-30-38(22-26-52(44)62-50)61-47-17-9-7-15-39(47)41-27-35(19-23-48(41)61)36-20-24-51-42(28-36)46-32-53-45(31-54(46)64-51)40-16-8-10-18-49(40)63-53/h1-35H;1-32H. The second-order valence-electron chi connectivity index (χ2n) is 32.4. The number of aromatic nitrogens is 9. The normalized spacial score (nSPS) is 11.9. The van der Waals surface area contributed by atoms with Crippen molar-refractivity contribution >= 4 is 191 Å². The van der Waals surface area contributed by atoms with Gasteiger partial charge in [0.15, 0.2) is 34.9 Å². The molecule has 9 aromatic heterocycles. The van der Waals surface area contributed by atoms with Crippen LogP contribution in [0.1, 0.15) is 0 Å². The van der Waals surface area contributed by atoms with Gasteiger partial charge in [0.05, 0.1) is 33.1 Å². The van der Waals surface area contributed by atoms with Crippen LogP contribution in [-0.4, -0.2) is 43.6 Å². The lowest BCUT2D eigenvalue weighted by atomic mass is 10.0. The van der Waals surface area contributed by atoms with Crippen LogP contribution < -0.4 is 0 Å². The van der Waals surface area contributed by atoms with E-state index >= 15 is 0 Å². The summed E-state index contributed by atoms with van der Waals surface area (Å²) in [5, 5.41) is 17.8. The number of rotatable bonds is 11. The Morgan fingerprint density at radius 1 is 0.150 bits per heavy atom. The summed E-state index contributed by atoms with van der Waals surface area (Å²) in [7, 11) is 0. The minimum atomic E-state index is 0.636. The highest BCUT2D eigenvalue weighted by Crippen LogP contribution is 2.48. The second kappa shape index (κ2) is 29.5. The van der Waals surface area contributed by atoms with Gasteiger partial charge < -0.3 is 13.7 Å². The summed E-state index contributed by atoms with van der Waals surface area (Å²) in [5.74, 6) is 3.90. The third-order valence-electron chi connectivity index (χ3n) is 25.0. The van der Waals surface area contributed by atoms with Gasteiger partial charge in [-0.25, -0.2) is 29.9 Å². The van der Waals surface area contributed by atoms with Gasteiger partial charge in [0.25, 0.3) is 0 Å². The van der Waals surface area contributed by atoms with E-state index in [0.29, 0.717) is 34.9 Å². The molecule has 0 unspecified atom stereocenters. The maximum Gasteiger partial charge on any atom is 0.164 e. The van der Waals surface area contributed by atoms with Crippen molar-refractivity contribution in [2.75, 3.05) is 0 Å². The zero-order chi connectivity index (χ0) is 83.3. The zero-order valence-electron chi connectivity index (χ0n) is 67.8. The first-order valence-corrected chi connectivity index (χ1v) is 45.8. The van der Waals surface area contributed by atoms with E-state index in [1.165, 1.54) is 157 Å². The molecule has 0 aliphatic heterocycles. The van der Waals surface area contributed by atoms with Crippen LogP contribution in [0, 0.1) is 0 Å². The lowest BCUT2D eigenvalue weighted by molar-refractivity contribution is 1.07. The van der Waals surface area contributed by atoms with Crippen molar-refractivity contribution in [3.8, 4) is 108 Å². The van der Waals surface area contributed by atoms with Gasteiger partial charge in [0.1, 0.15) is 0 Å². The third-order valence-corrected chi connectivity index (χ3v) is 29.7. The first kappa shape index (κ1) is 72.9. The van der Waals surface area contributed by atoms with Crippen molar-refractivity contribution in [3.05, 3.63) is 406 Å². The average Bonchev–Trinajstić information content (AvgIpc) is 1.58. The molecule has 27 aromatic rings. The molecule has 592 valence electrons. The molecule has 0 aliphatic carbocycles. The Kier molecular flexibility index (Phi) is 16.9. The van der Waals surface area contributed by atoms with E-state index in [4.69, 9.17) is 29.9 Å². The largest absolute Gasteiger partial charge is 0.309 e. The molecule has 18 aromatic carbocycles. The lowest BCUT2D eigenvalue weighted by Gasteiger charge is -2.12. The topological polar surface area (TPSA) is 92.1 Å². The van der Waals surface area contributed by atoms with E-state index in [0.717, 1.165) is 61.5 Å². The van der Waals surface area contributed by atoms with Crippen LogP contribution in [0.5, 0.6) is 0 Å². The molecule has 0 saturated carbocycles. The number of hydrogen-bond donors (Lipinski definition) is 0. The van der Waals surface area contributed by atoms with Gasteiger partial charge >= 0.3 is 0 Å². The summed E-state index contributed by atoms with van der Waals surface area (Å²) in [6.45, 7) is 0. The molecule has 0 amide bonds. The highest BCUT2D eigenvalue weighted by Gasteiger charge is 2.24. The molecular formula is C114H67N9S4. The van der Waals surface area contributed by atoms with Gasteiger partial charge in [-0.3, -0.25) is 0 Å². The van der Waals surface area contributed by atoms with Crippen LogP contribution in [0.15, 0.2) is 406 Å². The number of nitrogens with zero attached hydrogens (tertiary/aromatic N) is 9. The van der Waals surface area contributed by atoms with Crippen LogP contribution in [0.2, 0.25) is 0 Å². The van der Waals surface area contributed by atoms with Crippen molar-refractivity contribution < 1.29 is 0 Å². The maximum absolute atomic E-state index is 5.05. The van der Waals surface area contributed by atoms with E-state index in [-0.39, 0.29) is 0 Å². The van der Waals surface area contributed by atoms with Crippen molar-refractivity contribution in [1.29, 1.82) is 0 Å². The molecular weight excluding hydrogens is 1620 g/mol. The SMILES string of the molecule is c1ccc(-c2nc(-c3ccccc3)nc(-c3ccc(-n4c5ccccc5c5cc(-n6c7ccccc7c7cc(-c8cccc9c8sc8ccccc89)ccc76)ccc54)cc3)n2)cc1.c1ccc(-c2nc(-c3ccccc3)nc(-c3ccc4sc5ccc(-n6c7ccccc7c7cc(-c8ccc9sc%10cc%11c(cc%10c9c8)sc8ccccc8%11)ccc76)cc5c4c3)n2)cc1. The van der Waals surface area contributed by atoms with Gasteiger partial charge in [0.2, 0.25) is 0 Å². The Morgan fingerprint density at radius 2 is 0.433 bits per heavy atom. The van der Waals surface area contributed by atoms with Crippen molar-refractivity contribution in [1.82, 2.24) is 43.6 Å². The smallest absolute Gasteiger partial charge is 0.164 e. The minimum absolute atomic E-state index is 0.636. The fraction of sp³-hybridized carbons (Fsp3) is 0. The van der Waals surface area contributed by atoms with Crippen molar-refractivity contribution in [2.24, 2.45) is 0 Å². The Labute approximate surface area is 743 Å². The molecule has 9 nitrogen and oxygen atoms in total. The highest BCUT2D eigenvalue weighted by atomic mass is 32.1. The maximum atomic E-state index is 5.05. The van der Waals surface area contributed by atoms with Crippen LogP contribution in [-0.2, 0) is 0 Å². The molecule has 127 heavy (non-hydrogen) atoms. The summed E-state index contributed by atoms with van der Waals surface area (Å²) in [5.41, 5.74) is 21.0. The molecule has 0 fully saturated rings. The third kappa shape index (κ3) is 12.2. The first-order chi connectivity index (χ1) is 62.9. The molecule has 0 aliphatic rings. The van der Waals surface area contributed by atoms with Crippen LogP contribution in [0.25, 0.3) is 254 Å². The van der Waals surface area contributed by atoms with E-state index in [1.807, 2.05) is 142 Å². The number of para-hydroxylation sites is 3. The molecule has 0 radical (unpaired) electrons. The second-order valence-corrected chi connectivity index (χ2v) is 36.7. The number of thiophene rings is 4. The monoisotopic (exact) mass is 1690 g/mol. The Morgan fingerprint density at radius 3 is 0.945 bits per heavy atom.